The van der Waals surface area contributed by atoms with E-state index in [9.17, 15) is 14.4 Å². The Bertz CT molecular complexity index is 824. The molecule has 0 rings (SSSR count). The van der Waals surface area contributed by atoms with E-state index in [1.807, 2.05) is 0 Å². The van der Waals surface area contributed by atoms with E-state index in [1.54, 1.807) is 0 Å². The molecule has 0 radical (unpaired) electrons. The van der Waals surface area contributed by atoms with Gasteiger partial charge >= 0.3 is 17.9 Å². The molecule has 1 atom stereocenters. The fourth-order valence-corrected chi connectivity index (χ4v) is 7.11. The molecule has 0 aromatic carbocycles. The summed E-state index contributed by atoms with van der Waals surface area (Å²) in [6.45, 7) is 11.3. The minimum atomic E-state index is -0.760. The third-order valence-corrected chi connectivity index (χ3v) is 10.7. The summed E-state index contributed by atoms with van der Waals surface area (Å²) in [5, 5.41) is 0. The van der Waals surface area contributed by atoms with Gasteiger partial charge in [-0.05, 0) is 31.1 Å². The topological polar surface area (TPSA) is 78.9 Å². The zero-order valence-corrected chi connectivity index (χ0v) is 36.8. The number of hydrogen-bond acceptors (Lipinski definition) is 6. The monoisotopic (exact) mass is 765 g/mol. The van der Waals surface area contributed by atoms with Crippen molar-refractivity contribution in [3.63, 3.8) is 0 Å². The Morgan fingerprint density at radius 2 is 0.611 bits per heavy atom. The van der Waals surface area contributed by atoms with Gasteiger partial charge in [0.2, 0.25) is 0 Å². The minimum Gasteiger partial charge on any atom is -0.462 e. The second-order valence-electron chi connectivity index (χ2n) is 17.3. The maximum atomic E-state index is 12.7. The van der Waals surface area contributed by atoms with Crippen LogP contribution in [0.15, 0.2) is 0 Å². The number of ether oxygens (including phenoxy) is 3. The molecule has 0 heterocycles. The highest BCUT2D eigenvalue weighted by Gasteiger charge is 2.19. The van der Waals surface area contributed by atoms with Crippen LogP contribution in [0, 0.1) is 11.8 Å². The molecular formula is C48H92O6. The Labute approximate surface area is 336 Å². The van der Waals surface area contributed by atoms with Crippen molar-refractivity contribution < 1.29 is 28.6 Å². The van der Waals surface area contributed by atoms with Crippen LogP contribution in [-0.2, 0) is 28.6 Å². The average Bonchev–Trinajstić information content (AvgIpc) is 3.14. The van der Waals surface area contributed by atoms with Crippen molar-refractivity contribution in [1.29, 1.82) is 0 Å². The lowest BCUT2D eigenvalue weighted by atomic mass is 10.0. The maximum Gasteiger partial charge on any atom is 0.306 e. The van der Waals surface area contributed by atoms with Gasteiger partial charge in [0, 0.05) is 19.3 Å². The summed E-state index contributed by atoms with van der Waals surface area (Å²) in [5.41, 5.74) is 0. The first kappa shape index (κ1) is 52.4. The number of hydrogen-bond donors (Lipinski definition) is 0. The fourth-order valence-electron chi connectivity index (χ4n) is 7.11. The molecule has 0 saturated carbocycles. The first-order chi connectivity index (χ1) is 26.2. The summed E-state index contributed by atoms with van der Waals surface area (Å²) in [6.07, 6.45) is 39.5. The first-order valence-corrected chi connectivity index (χ1v) is 23.7. The summed E-state index contributed by atoms with van der Waals surface area (Å²) in [5.74, 6) is 0.783. The third-order valence-electron chi connectivity index (χ3n) is 10.7. The van der Waals surface area contributed by atoms with Gasteiger partial charge in [-0.3, -0.25) is 14.4 Å². The summed E-state index contributed by atoms with van der Waals surface area (Å²) in [6, 6.07) is 0. The molecule has 0 N–H and O–H groups in total. The van der Waals surface area contributed by atoms with Crippen molar-refractivity contribution in [3.05, 3.63) is 0 Å². The van der Waals surface area contributed by atoms with Crippen LogP contribution in [0.4, 0.5) is 0 Å². The molecule has 54 heavy (non-hydrogen) atoms. The number of unbranched alkanes of at least 4 members (excludes halogenated alkanes) is 27. The van der Waals surface area contributed by atoms with Gasteiger partial charge < -0.3 is 14.2 Å². The number of esters is 3. The van der Waals surface area contributed by atoms with Gasteiger partial charge in [-0.25, -0.2) is 0 Å². The molecule has 0 aliphatic heterocycles. The fraction of sp³-hybridized carbons (Fsp3) is 0.938. The van der Waals surface area contributed by atoms with Crippen LogP contribution in [0.1, 0.15) is 259 Å². The largest absolute Gasteiger partial charge is 0.462 e. The highest BCUT2D eigenvalue weighted by atomic mass is 16.6. The van der Waals surface area contributed by atoms with Crippen LogP contribution in [-0.4, -0.2) is 37.2 Å². The first-order valence-electron chi connectivity index (χ1n) is 23.7. The van der Waals surface area contributed by atoms with Gasteiger partial charge in [0.1, 0.15) is 13.2 Å². The van der Waals surface area contributed by atoms with Gasteiger partial charge in [0.15, 0.2) is 6.10 Å². The number of carbonyl (C=O) groups is 3. The molecule has 0 aromatic rings. The van der Waals surface area contributed by atoms with Crippen LogP contribution in [0.5, 0.6) is 0 Å². The van der Waals surface area contributed by atoms with Crippen LogP contribution >= 0.6 is 0 Å². The summed E-state index contributed by atoms with van der Waals surface area (Å²) < 4.78 is 16.7. The van der Waals surface area contributed by atoms with Crippen LogP contribution < -0.4 is 0 Å². The van der Waals surface area contributed by atoms with Gasteiger partial charge in [-0.2, -0.15) is 0 Å². The molecule has 6 heteroatoms. The lowest BCUT2D eigenvalue weighted by molar-refractivity contribution is -0.167. The molecule has 0 fully saturated rings. The molecule has 0 aliphatic carbocycles. The predicted octanol–water partition coefficient (Wildman–Crippen LogP) is 15.0. The van der Waals surface area contributed by atoms with Crippen molar-refractivity contribution >= 4 is 17.9 Å². The molecule has 0 saturated heterocycles. The van der Waals surface area contributed by atoms with Crippen molar-refractivity contribution in [1.82, 2.24) is 0 Å². The average molecular weight is 765 g/mol. The van der Waals surface area contributed by atoms with Crippen molar-refractivity contribution in [3.8, 4) is 0 Å². The van der Waals surface area contributed by atoms with E-state index in [0.29, 0.717) is 19.3 Å². The van der Waals surface area contributed by atoms with E-state index in [-0.39, 0.29) is 31.1 Å². The predicted molar refractivity (Wildman–Crippen MR) is 229 cm³/mol. The van der Waals surface area contributed by atoms with E-state index in [1.165, 1.54) is 148 Å². The van der Waals surface area contributed by atoms with Gasteiger partial charge in [-0.15, -0.1) is 0 Å². The van der Waals surface area contributed by atoms with E-state index in [4.69, 9.17) is 14.2 Å². The van der Waals surface area contributed by atoms with Crippen LogP contribution in [0.25, 0.3) is 0 Å². The van der Waals surface area contributed by atoms with Crippen molar-refractivity contribution in [2.24, 2.45) is 11.8 Å². The lowest BCUT2D eigenvalue weighted by Gasteiger charge is -2.18. The molecule has 0 aromatic heterocycles. The molecule has 0 spiro atoms. The molecule has 6 nitrogen and oxygen atoms in total. The Kier molecular flexibility index (Phi) is 39.8. The summed E-state index contributed by atoms with van der Waals surface area (Å²) >= 11 is 0. The summed E-state index contributed by atoms with van der Waals surface area (Å²) in [7, 11) is 0. The minimum absolute atomic E-state index is 0.0648. The number of carbonyl (C=O) groups excluding carboxylic acids is 3. The zero-order valence-electron chi connectivity index (χ0n) is 36.8. The SMILES string of the molecule is CCCCCCCCCCCC(=O)OC[C@@H](COC(=O)CCCCCCCCCCCC(C)C)OC(=O)CCCCCCCCCCCCCCC(C)C. The molecule has 0 bridgehead atoms. The van der Waals surface area contributed by atoms with Gasteiger partial charge in [-0.1, -0.05) is 221 Å². The second-order valence-corrected chi connectivity index (χ2v) is 17.3. The van der Waals surface area contributed by atoms with Gasteiger partial charge in [0.25, 0.3) is 0 Å². The Hall–Kier alpha value is -1.59. The van der Waals surface area contributed by atoms with Crippen LogP contribution in [0.2, 0.25) is 0 Å². The smallest absolute Gasteiger partial charge is 0.306 e. The molecule has 0 unspecified atom stereocenters. The number of rotatable bonds is 42. The van der Waals surface area contributed by atoms with E-state index >= 15 is 0 Å². The lowest BCUT2D eigenvalue weighted by Crippen LogP contribution is -2.30. The van der Waals surface area contributed by atoms with E-state index in [2.05, 4.69) is 34.6 Å². The van der Waals surface area contributed by atoms with E-state index < -0.39 is 6.10 Å². The zero-order chi connectivity index (χ0) is 39.7. The molecule has 0 aliphatic rings. The molecule has 0 amide bonds. The normalized spacial score (nSPS) is 12.1. The molecular weight excluding hydrogens is 673 g/mol. The van der Waals surface area contributed by atoms with E-state index in [0.717, 1.165) is 69.6 Å². The van der Waals surface area contributed by atoms with Crippen LogP contribution in [0.3, 0.4) is 0 Å². The van der Waals surface area contributed by atoms with Crippen molar-refractivity contribution in [2.45, 2.75) is 265 Å². The molecule has 320 valence electrons. The Morgan fingerprint density at radius 1 is 0.352 bits per heavy atom. The highest BCUT2D eigenvalue weighted by Crippen LogP contribution is 2.17. The maximum absolute atomic E-state index is 12.7. The second kappa shape index (κ2) is 41.1. The van der Waals surface area contributed by atoms with Gasteiger partial charge in [0.05, 0.1) is 0 Å². The third kappa shape index (κ3) is 41.6. The quantitative estimate of drug-likeness (QED) is 0.0350. The standard InChI is InChI=1S/C48H92O6/c1-6-7-8-9-10-16-23-28-33-38-46(49)52-41-45(42-53-47(50)39-34-29-24-20-15-18-22-27-32-37-44(4)5)54-48(51)40-35-30-25-19-14-12-11-13-17-21-26-31-36-43(2)3/h43-45H,6-42H2,1-5H3/t45-/m0/s1. The Morgan fingerprint density at radius 3 is 0.907 bits per heavy atom. The summed E-state index contributed by atoms with van der Waals surface area (Å²) in [4.78, 5) is 37.7. The highest BCUT2D eigenvalue weighted by molar-refractivity contribution is 5.71. The Balaban J connectivity index is 4.30. The van der Waals surface area contributed by atoms with Crippen molar-refractivity contribution in [2.75, 3.05) is 13.2 Å².